The van der Waals surface area contributed by atoms with Crippen molar-refractivity contribution in [1.29, 1.82) is 0 Å². The smallest absolute Gasteiger partial charge is 0.545 e. The molecule has 0 atom stereocenters. The minimum Gasteiger partial charge on any atom is -0.545 e. The number of carboxylic acid groups (broad SMARTS) is 2. The molecule has 5 nitrogen and oxygen atoms in total. The summed E-state index contributed by atoms with van der Waals surface area (Å²) in [5, 5.41) is 24.7. The number of hydrogen-bond acceptors (Lipinski definition) is 4. The molecular weight excluding hydrogens is 430 g/mol. The van der Waals surface area contributed by atoms with Crippen LogP contribution in [0.2, 0.25) is 0 Å². The third-order valence-corrected chi connectivity index (χ3v) is 4.52. The Labute approximate surface area is 215 Å². The first-order valence-corrected chi connectivity index (χ1v) is 9.54. The summed E-state index contributed by atoms with van der Waals surface area (Å²) in [6, 6.07) is 28.9. The molecule has 0 spiro atoms. The second-order valence-corrected chi connectivity index (χ2v) is 6.51. The summed E-state index contributed by atoms with van der Waals surface area (Å²) in [6.07, 6.45) is 3.75. The molecule has 5 aromatic rings. The Bertz CT molecular complexity index is 1180. The zero-order valence-corrected chi connectivity index (χ0v) is 19.4. The molecule has 0 aliphatic rings. The van der Waals surface area contributed by atoms with Crippen LogP contribution in [-0.4, -0.2) is 54.7 Å². The number of carboxylic acids is 2. The maximum atomic E-state index is 10.7. The van der Waals surface area contributed by atoms with E-state index in [1.807, 2.05) is 73.1 Å². The van der Waals surface area contributed by atoms with Crippen LogP contribution in [0.5, 0.6) is 0 Å². The Hall–Kier alpha value is -3.12. The van der Waals surface area contributed by atoms with Crippen molar-refractivity contribution in [2.24, 2.45) is 0 Å². The number of carbonyl (C=O) groups excluding carboxylic acids is 2. The Morgan fingerprint density at radius 1 is 0.531 bits per heavy atom. The van der Waals surface area contributed by atoms with Crippen LogP contribution in [0, 0.1) is 0 Å². The molecule has 0 unspecified atom stereocenters. The van der Waals surface area contributed by atoms with Gasteiger partial charge in [-0.05, 0) is 33.7 Å². The molecule has 0 saturated heterocycles. The van der Waals surface area contributed by atoms with Gasteiger partial charge in [-0.3, -0.25) is 0 Å². The molecule has 1 N–H and O–H groups in total. The van der Waals surface area contributed by atoms with Gasteiger partial charge < -0.3 is 24.8 Å². The van der Waals surface area contributed by atoms with Gasteiger partial charge in [-0.1, -0.05) is 84.9 Å². The van der Waals surface area contributed by atoms with Crippen LogP contribution in [0.25, 0.3) is 21.5 Å². The van der Waals surface area contributed by atoms with Crippen molar-refractivity contribution in [3.05, 3.63) is 121 Å². The summed E-state index contributed by atoms with van der Waals surface area (Å²) in [7, 11) is 0. The van der Waals surface area contributed by atoms with Gasteiger partial charge in [0, 0.05) is 23.5 Å². The maximum absolute atomic E-state index is 10.7. The van der Waals surface area contributed by atoms with Gasteiger partial charge in [-0.2, -0.15) is 0 Å². The predicted octanol–water partition coefficient (Wildman–Crippen LogP) is 3.04. The summed E-state index contributed by atoms with van der Waals surface area (Å²) < 4.78 is 0. The second-order valence-electron chi connectivity index (χ2n) is 6.51. The first-order valence-electron chi connectivity index (χ1n) is 9.54. The molecule has 1 aromatic heterocycles. The Balaban J connectivity index is 0.000000182. The number of hydrogen-bond donors (Lipinski definition) is 1. The van der Waals surface area contributed by atoms with E-state index in [0.717, 1.165) is 21.5 Å². The van der Waals surface area contributed by atoms with E-state index in [2.05, 4.69) is 4.98 Å². The van der Waals surface area contributed by atoms with E-state index in [1.165, 1.54) is 0 Å². The van der Waals surface area contributed by atoms with Gasteiger partial charge in [0.2, 0.25) is 0 Å². The number of fused-ring (bicyclic) bond motifs is 2. The Kier molecular flexibility index (Phi) is 9.95. The van der Waals surface area contributed by atoms with Crippen LogP contribution in [-0.2, 0) is 0 Å². The number of H-pyrrole nitrogens is 1. The number of aromatic carboxylic acids is 2. The first-order chi connectivity index (χ1) is 15.1. The van der Waals surface area contributed by atoms with Gasteiger partial charge in [0.05, 0.1) is 11.9 Å². The molecule has 154 valence electrons. The van der Waals surface area contributed by atoms with E-state index in [0.29, 0.717) is 0 Å². The molecule has 0 bridgehead atoms. The molecule has 0 fully saturated rings. The van der Waals surface area contributed by atoms with Gasteiger partial charge >= 0.3 is 37.7 Å². The summed E-state index contributed by atoms with van der Waals surface area (Å²) in [4.78, 5) is 24.3. The number of rotatable bonds is 2. The normalized spacial score (nSPS) is 9.50. The minimum atomic E-state index is -1.13. The van der Waals surface area contributed by atoms with Crippen molar-refractivity contribution in [2.45, 2.75) is 0 Å². The number of benzene rings is 4. The molecule has 4 aromatic carbocycles. The molecule has 0 aliphatic carbocycles. The fraction of sp³-hybridized carbons (Fsp3) is 0. The fourth-order valence-corrected chi connectivity index (χ4v) is 3.08. The van der Waals surface area contributed by atoms with Crippen molar-refractivity contribution in [2.75, 3.05) is 0 Å². The van der Waals surface area contributed by atoms with Crippen molar-refractivity contribution < 1.29 is 19.8 Å². The number of aromatic amines is 1. The largest absolute Gasteiger partial charge is 2.00 e. The van der Waals surface area contributed by atoms with Crippen LogP contribution in [0.15, 0.2) is 109 Å². The van der Waals surface area contributed by atoms with Crippen molar-refractivity contribution >= 4 is 71.2 Å². The standard InChI is InChI=1S/2C11H8O2.C4H5N.Ca/c2*12-11(13)10-7-3-5-8-4-1-2-6-9(8)10;1-2-4-5-3-1;/h2*1-7H,(H,12,13);1-5H;/q;;;+2/p-2. The third kappa shape index (κ3) is 6.69. The van der Waals surface area contributed by atoms with Crippen LogP contribution < -0.4 is 10.2 Å². The van der Waals surface area contributed by atoms with E-state index in [-0.39, 0.29) is 48.9 Å². The zero-order valence-electron chi connectivity index (χ0n) is 17.2. The summed E-state index contributed by atoms with van der Waals surface area (Å²) in [6.45, 7) is 0. The predicted molar refractivity (Wildman–Crippen MR) is 123 cm³/mol. The van der Waals surface area contributed by atoms with Crippen molar-refractivity contribution in [3.8, 4) is 0 Å². The SMILES string of the molecule is O=C([O-])c1cccc2ccccc12.O=C([O-])c1cccc2ccccc12.[Ca+2].c1cc[nH]c1. The first kappa shape index (κ1) is 25.1. The van der Waals surface area contributed by atoms with Gasteiger partial charge in [0.25, 0.3) is 0 Å². The maximum Gasteiger partial charge on any atom is 2.00 e. The topological polar surface area (TPSA) is 96.0 Å². The average Bonchev–Trinajstić information content (AvgIpc) is 3.39. The molecule has 0 saturated carbocycles. The van der Waals surface area contributed by atoms with Crippen LogP contribution in [0.3, 0.4) is 0 Å². The van der Waals surface area contributed by atoms with E-state index in [4.69, 9.17) is 0 Å². The zero-order chi connectivity index (χ0) is 22.1. The van der Waals surface area contributed by atoms with Gasteiger partial charge in [-0.15, -0.1) is 0 Å². The molecule has 0 radical (unpaired) electrons. The number of carbonyl (C=O) groups is 2. The fourth-order valence-electron chi connectivity index (χ4n) is 3.08. The third-order valence-electron chi connectivity index (χ3n) is 4.52. The van der Waals surface area contributed by atoms with Crippen LogP contribution in [0.1, 0.15) is 20.7 Å². The summed E-state index contributed by atoms with van der Waals surface area (Å²) >= 11 is 0. The second kappa shape index (κ2) is 12.7. The van der Waals surface area contributed by atoms with Gasteiger partial charge in [0.15, 0.2) is 0 Å². The quantitative estimate of drug-likeness (QED) is 0.419. The Morgan fingerprint density at radius 3 is 1.25 bits per heavy atom. The molecular formula is C26H19CaNO4. The van der Waals surface area contributed by atoms with Gasteiger partial charge in [0.1, 0.15) is 0 Å². The van der Waals surface area contributed by atoms with Crippen LogP contribution in [0.4, 0.5) is 0 Å². The van der Waals surface area contributed by atoms with E-state index in [1.54, 1.807) is 36.4 Å². The van der Waals surface area contributed by atoms with E-state index < -0.39 is 11.9 Å². The molecule has 0 aliphatic heterocycles. The molecule has 6 heteroatoms. The van der Waals surface area contributed by atoms with Gasteiger partial charge in [-0.25, -0.2) is 0 Å². The molecule has 1 heterocycles. The van der Waals surface area contributed by atoms with E-state index in [9.17, 15) is 19.8 Å². The average molecular weight is 450 g/mol. The number of nitrogens with one attached hydrogen (secondary N) is 1. The summed E-state index contributed by atoms with van der Waals surface area (Å²) in [5.74, 6) is -2.26. The minimum absolute atomic E-state index is 0. The molecule has 32 heavy (non-hydrogen) atoms. The monoisotopic (exact) mass is 449 g/mol. The number of aromatic nitrogens is 1. The molecule has 0 amide bonds. The summed E-state index contributed by atoms with van der Waals surface area (Å²) in [5.41, 5.74) is 0.496. The van der Waals surface area contributed by atoms with Crippen molar-refractivity contribution in [3.63, 3.8) is 0 Å². The van der Waals surface area contributed by atoms with E-state index >= 15 is 0 Å². The van der Waals surface area contributed by atoms with Crippen molar-refractivity contribution in [1.82, 2.24) is 4.98 Å². The Morgan fingerprint density at radius 2 is 0.906 bits per heavy atom. The molecule has 5 rings (SSSR count). The van der Waals surface area contributed by atoms with Crippen LogP contribution >= 0.6 is 0 Å².